The number of hydrogen-bond donors (Lipinski definition) is 0. The number of hydrogen-bond acceptors (Lipinski definition) is 2. The van der Waals surface area contributed by atoms with Crippen LogP contribution in [0.3, 0.4) is 0 Å². The molecule has 0 aliphatic heterocycles. The Morgan fingerprint density at radius 1 is 1.40 bits per heavy atom. The molecule has 0 aliphatic carbocycles. The number of ether oxygens (including phenoxy) is 1. The Morgan fingerprint density at radius 2 is 2.13 bits per heavy atom. The van der Waals surface area contributed by atoms with Gasteiger partial charge >= 0.3 is 0 Å². The zero-order valence-electron chi connectivity index (χ0n) is 9.67. The van der Waals surface area contributed by atoms with Crippen LogP contribution in [0.4, 0.5) is 0 Å². The van der Waals surface area contributed by atoms with E-state index in [2.05, 4.69) is 6.92 Å². The molecule has 0 N–H and O–H groups in total. The molecule has 0 aromatic heterocycles. The van der Waals surface area contributed by atoms with Crippen molar-refractivity contribution in [1.82, 2.24) is 0 Å². The Hall–Kier alpha value is -1.31. The number of carbonyl (C=O) groups excluding carboxylic acids is 1. The molecule has 82 valence electrons. The second-order valence-corrected chi connectivity index (χ2v) is 3.71. The first-order chi connectivity index (χ1) is 7.19. The van der Waals surface area contributed by atoms with Crippen LogP contribution in [0.25, 0.3) is 0 Å². The predicted octanol–water partition coefficient (Wildman–Crippen LogP) is 3.38. The molecule has 1 aromatic carbocycles. The van der Waals surface area contributed by atoms with Crippen molar-refractivity contribution in [3.8, 4) is 5.75 Å². The van der Waals surface area contributed by atoms with Crippen LogP contribution >= 0.6 is 0 Å². The van der Waals surface area contributed by atoms with Gasteiger partial charge in [0.25, 0.3) is 0 Å². The fourth-order valence-electron chi connectivity index (χ4n) is 1.55. The number of rotatable bonds is 5. The van der Waals surface area contributed by atoms with Gasteiger partial charge in [0, 0.05) is 12.0 Å². The summed E-state index contributed by atoms with van der Waals surface area (Å²) < 4.78 is 5.10. The van der Waals surface area contributed by atoms with E-state index in [1.165, 1.54) is 0 Å². The normalized spacial score (nSPS) is 10.1. The third-order valence-electron chi connectivity index (χ3n) is 2.49. The summed E-state index contributed by atoms with van der Waals surface area (Å²) in [7, 11) is 1.63. The SMILES string of the molecule is CCCCC(=O)c1ccc(OC)cc1C. The summed E-state index contributed by atoms with van der Waals surface area (Å²) in [6.45, 7) is 4.04. The van der Waals surface area contributed by atoms with E-state index in [0.29, 0.717) is 6.42 Å². The molecular formula is C13H18O2. The first-order valence-electron chi connectivity index (χ1n) is 5.37. The van der Waals surface area contributed by atoms with Crippen molar-refractivity contribution in [2.45, 2.75) is 33.1 Å². The minimum atomic E-state index is 0.233. The van der Waals surface area contributed by atoms with Gasteiger partial charge < -0.3 is 4.74 Å². The van der Waals surface area contributed by atoms with Crippen LogP contribution in [0.15, 0.2) is 18.2 Å². The molecule has 1 aromatic rings. The quantitative estimate of drug-likeness (QED) is 0.690. The van der Waals surface area contributed by atoms with Gasteiger partial charge in [0.2, 0.25) is 0 Å². The molecule has 0 radical (unpaired) electrons. The molecule has 0 bridgehead atoms. The van der Waals surface area contributed by atoms with E-state index in [4.69, 9.17) is 4.74 Å². The second-order valence-electron chi connectivity index (χ2n) is 3.71. The Labute approximate surface area is 91.3 Å². The van der Waals surface area contributed by atoms with Gasteiger partial charge in [0.15, 0.2) is 5.78 Å². The number of carbonyl (C=O) groups is 1. The van der Waals surface area contributed by atoms with Gasteiger partial charge in [0.05, 0.1) is 7.11 Å². The fourth-order valence-corrected chi connectivity index (χ4v) is 1.55. The number of methoxy groups -OCH3 is 1. The zero-order valence-corrected chi connectivity index (χ0v) is 9.67. The van der Waals surface area contributed by atoms with E-state index in [0.717, 1.165) is 29.7 Å². The average Bonchev–Trinajstić information content (AvgIpc) is 2.25. The third-order valence-corrected chi connectivity index (χ3v) is 2.49. The lowest BCUT2D eigenvalue weighted by molar-refractivity contribution is 0.0979. The number of aryl methyl sites for hydroxylation is 1. The Balaban J connectivity index is 2.81. The number of benzene rings is 1. The van der Waals surface area contributed by atoms with Crippen molar-refractivity contribution < 1.29 is 9.53 Å². The molecule has 1 rings (SSSR count). The van der Waals surface area contributed by atoms with Crippen LogP contribution in [0.5, 0.6) is 5.75 Å². The van der Waals surface area contributed by atoms with Gasteiger partial charge in [-0.25, -0.2) is 0 Å². The van der Waals surface area contributed by atoms with Crippen LogP contribution < -0.4 is 4.74 Å². The lowest BCUT2D eigenvalue weighted by Crippen LogP contribution is -2.01. The summed E-state index contributed by atoms with van der Waals surface area (Å²) in [6.07, 6.45) is 2.66. The zero-order chi connectivity index (χ0) is 11.3. The van der Waals surface area contributed by atoms with E-state index in [-0.39, 0.29) is 5.78 Å². The molecule has 0 saturated carbocycles. The van der Waals surface area contributed by atoms with Crippen molar-refractivity contribution in [1.29, 1.82) is 0 Å². The van der Waals surface area contributed by atoms with E-state index in [1.54, 1.807) is 7.11 Å². The van der Waals surface area contributed by atoms with E-state index >= 15 is 0 Å². The van der Waals surface area contributed by atoms with Crippen LogP contribution in [0, 0.1) is 6.92 Å². The summed E-state index contributed by atoms with van der Waals surface area (Å²) in [5, 5.41) is 0. The molecule has 2 heteroatoms. The predicted molar refractivity (Wildman–Crippen MR) is 61.6 cm³/mol. The molecule has 0 saturated heterocycles. The van der Waals surface area contributed by atoms with Crippen molar-refractivity contribution in [2.24, 2.45) is 0 Å². The first-order valence-corrected chi connectivity index (χ1v) is 5.37. The summed E-state index contributed by atoms with van der Waals surface area (Å²) in [4.78, 5) is 11.8. The lowest BCUT2D eigenvalue weighted by atomic mass is 10.0. The first kappa shape index (κ1) is 11.8. The number of Topliss-reactive ketones (excluding diaryl/α,β-unsaturated/α-hetero) is 1. The van der Waals surface area contributed by atoms with Crippen LogP contribution in [0.2, 0.25) is 0 Å². The van der Waals surface area contributed by atoms with Crippen molar-refractivity contribution in [3.63, 3.8) is 0 Å². The molecule has 0 heterocycles. The molecule has 0 unspecified atom stereocenters. The van der Waals surface area contributed by atoms with E-state index in [1.807, 2.05) is 25.1 Å². The Kier molecular flexibility index (Phi) is 4.35. The lowest BCUT2D eigenvalue weighted by Gasteiger charge is -2.06. The van der Waals surface area contributed by atoms with E-state index in [9.17, 15) is 4.79 Å². The van der Waals surface area contributed by atoms with Crippen molar-refractivity contribution in [2.75, 3.05) is 7.11 Å². The van der Waals surface area contributed by atoms with Gasteiger partial charge in [-0.1, -0.05) is 13.3 Å². The topological polar surface area (TPSA) is 26.3 Å². The van der Waals surface area contributed by atoms with Crippen molar-refractivity contribution >= 4 is 5.78 Å². The average molecular weight is 206 g/mol. The highest BCUT2D eigenvalue weighted by molar-refractivity contribution is 5.97. The second kappa shape index (κ2) is 5.54. The van der Waals surface area contributed by atoms with Crippen LogP contribution in [-0.4, -0.2) is 12.9 Å². The summed E-state index contributed by atoms with van der Waals surface area (Å²) >= 11 is 0. The van der Waals surface area contributed by atoms with Gasteiger partial charge in [-0.05, 0) is 37.1 Å². The summed E-state index contributed by atoms with van der Waals surface area (Å²) in [5.41, 5.74) is 1.82. The van der Waals surface area contributed by atoms with Gasteiger partial charge in [-0.3, -0.25) is 4.79 Å². The fraction of sp³-hybridized carbons (Fsp3) is 0.462. The molecule has 0 aliphatic rings. The maximum Gasteiger partial charge on any atom is 0.163 e. The molecule has 0 fully saturated rings. The summed E-state index contributed by atoms with van der Waals surface area (Å²) in [6, 6.07) is 5.59. The molecule has 2 nitrogen and oxygen atoms in total. The van der Waals surface area contributed by atoms with Gasteiger partial charge in [-0.15, -0.1) is 0 Å². The highest BCUT2D eigenvalue weighted by Gasteiger charge is 2.08. The van der Waals surface area contributed by atoms with Gasteiger partial charge in [0.1, 0.15) is 5.75 Å². The third kappa shape index (κ3) is 3.08. The Bertz CT molecular complexity index is 342. The standard InChI is InChI=1S/C13H18O2/c1-4-5-6-13(14)12-8-7-11(15-3)9-10(12)2/h7-9H,4-6H2,1-3H3. The molecule has 0 atom stereocenters. The minimum absolute atomic E-state index is 0.233. The van der Waals surface area contributed by atoms with Crippen LogP contribution in [-0.2, 0) is 0 Å². The van der Waals surface area contributed by atoms with Crippen molar-refractivity contribution in [3.05, 3.63) is 29.3 Å². The number of unbranched alkanes of at least 4 members (excludes halogenated alkanes) is 1. The maximum atomic E-state index is 11.8. The monoisotopic (exact) mass is 206 g/mol. The highest BCUT2D eigenvalue weighted by atomic mass is 16.5. The smallest absolute Gasteiger partial charge is 0.163 e. The molecular weight excluding hydrogens is 188 g/mol. The maximum absolute atomic E-state index is 11.8. The minimum Gasteiger partial charge on any atom is -0.497 e. The molecule has 0 spiro atoms. The molecule has 15 heavy (non-hydrogen) atoms. The van der Waals surface area contributed by atoms with E-state index < -0.39 is 0 Å². The van der Waals surface area contributed by atoms with Gasteiger partial charge in [-0.2, -0.15) is 0 Å². The van der Waals surface area contributed by atoms with Crippen LogP contribution in [0.1, 0.15) is 42.1 Å². The highest BCUT2D eigenvalue weighted by Crippen LogP contribution is 2.18. The number of ketones is 1. The largest absolute Gasteiger partial charge is 0.497 e. The molecule has 0 amide bonds. The Morgan fingerprint density at radius 3 is 2.67 bits per heavy atom. The summed E-state index contributed by atoms with van der Waals surface area (Å²) in [5.74, 6) is 1.04.